The lowest BCUT2D eigenvalue weighted by Gasteiger charge is -2.35. The molecule has 2 aromatic carbocycles. The number of nitrogens with zero attached hydrogens (tertiary/aromatic N) is 1. The van der Waals surface area contributed by atoms with Crippen LogP contribution in [0.5, 0.6) is 0 Å². The van der Waals surface area contributed by atoms with E-state index in [0.29, 0.717) is 25.0 Å². The number of hydrogen-bond acceptors (Lipinski definition) is 4. The number of rotatable bonds is 9. The van der Waals surface area contributed by atoms with Gasteiger partial charge < -0.3 is 15.5 Å². The lowest BCUT2D eigenvalue weighted by molar-refractivity contribution is -0.120. The van der Waals surface area contributed by atoms with Crippen LogP contribution >= 0.6 is 11.3 Å². The van der Waals surface area contributed by atoms with Crippen LogP contribution in [-0.4, -0.2) is 31.1 Å². The quantitative estimate of drug-likeness (QED) is 0.495. The molecule has 168 valence electrons. The fourth-order valence-corrected chi connectivity index (χ4v) is 5.08. The number of hydrogen-bond donors (Lipinski definition) is 2. The van der Waals surface area contributed by atoms with Gasteiger partial charge in [0.2, 0.25) is 5.91 Å². The van der Waals surface area contributed by atoms with E-state index < -0.39 is 0 Å². The summed E-state index contributed by atoms with van der Waals surface area (Å²) in [4.78, 5) is 14.7. The molecule has 1 aromatic heterocycles. The van der Waals surface area contributed by atoms with Crippen LogP contribution in [0.2, 0.25) is 0 Å². The maximum Gasteiger partial charge on any atom is 0.224 e. The lowest BCUT2D eigenvalue weighted by atomic mass is 10.0. The van der Waals surface area contributed by atoms with Crippen LogP contribution in [0, 0.1) is 0 Å². The molecule has 0 radical (unpaired) electrons. The van der Waals surface area contributed by atoms with E-state index >= 15 is 0 Å². The Bertz CT molecular complexity index is 948. The van der Waals surface area contributed by atoms with Crippen LogP contribution in [-0.2, 0) is 24.2 Å². The van der Waals surface area contributed by atoms with Crippen molar-refractivity contribution in [1.82, 2.24) is 10.6 Å². The van der Waals surface area contributed by atoms with Gasteiger partial charge in [-0.25, -0.2) is 0 Å². The molecule has 2 heterocycles. The van der Waals surface area contributed by atoms with Crippen LogP contribution in [0.1, 0.15) is 36.5 Å². The maximum absolute atomic E-state index is 12.3. The third-order valence-corrected chi connectivity index (χ3v) is 6.87. The van der Waals surface area contributed by atoms with Crippen molar-refractivity contribution in [3.63, 3.8) is 0 Å². The van der Waals surface area contributed by atoms with Crippen molar-refractivity contribution in [2.75, 3.05) is 18.0 Å². The topological polar surface area (TPSA) is 44.4 Å². The molecule has 0 aliphatic carbocycles. The first-order valence-corrected chi connectivity index (χ1v) is 12.5. The molecule has 1 saturated heterocycles. The predicted molar refractivity (Wildman–Crippen MR) is 134 cm³/mol. The summed E-state index contributed by atoms with van der Waals surface area (Å²) in [5.74, 6) is 0.0602. The maximum atomic E-state index is 12.3. The van der Waals surface area contributed by atoms with Gasteiger partial charge in [0.15, 0.2) is 0 Å². The first kappa shape index (κ1) is 22.6. The van der Waals surface area contributed by atoms with Crippen molar-refractivity contribution >= 4 is 22.9 Å². The van der Waals surface area contributed by atoms with Crippen LogP contribution in [0.15, 0.2) is 71.4 Å². The summed E-state index contributed by atoms with van der Waals surface area (Å²) in [6, 6.07) is 21.8. The van der Waals surface area contributed by atoms with Gasteiger partial charge in [-0.05, 0) is 71.8 Å². The molecule has 0 saturated carbocycles. The third kappa shape index (κ3) is 6.68. The Kier molecular flexibility index (Phi) is 7.97. The minimum Gasteiger partial charge on any atom is -0.371 e. The Balaban J connectivity index is 1.19. The molecule has 1 atom stereocenters. The van der Waals surface area contributed by atoms with E-state index in [1.54, 1.807) is 11.3 Å². The van der Waals surface area contributed by atoms with Crippen molar-refractivity contribution in [3.05, 3.63) is 88.1 Å². The predicted octanol–water partition coefficient (Wildman–Crippen LogP) is 4.80. The van der Waals surface area contributed by atoms with Gasteiger partial charge in [0.1, 0.15) is 0 Å². The summed E-state index contributed by atoms with van der Waals surface area (Å²) in [6.07, 6.45) is 3.85. The number of thiophene rings is 1. The molecule has 1 aliphatic heterocycles. The highest BCUT2D eigenvalue weighted by Crippen LogP contribution is 2.21. The molecule has 5 heteroatoms. The zero-order valence-electron chi connectivity index (χ0n) is 18.8. The van der Waals surface area contributed by atoms with E-state index in [1.807, 2.05) is 30.3 Å². The van der Waals surface area contributed by atoms with Crippen LogP contribution in [0.3, 0.4) is 0 Å². The Labute approximate surface area is 195 Å². The molecule has 32 heavy (non-hydrogen) atoms. The third-order valence-electron chi connectivity index (χ3n) is 6.14. The van der Waals surface area contributed by atoms with E-state index in [4.69, 9.17) is 0 Å². The van der Waals surface area contributed by atoms with Gasteiger partial charge in [-0.3, -0.25) is 4.79 Å². The molecule has 4 rings (SSSR count). The van der Waals surface area contributed by atoms with Gasteiger partial charge in [0, 0.05) is 37.4 Å². The summed E-state index contributed by atoms with van der Waals surface area (Å²) in [7, 11) is 0. The minimum absolute atomic E-state index is 0.0602. The summed E-state index contributed by atoms with van der Waals surface area (Å²) in [5, 5.41) is 11.2. The van der Waals surface area contributed by atoms with Crippen LogP contribution in [0.4, 0.5) is 5.69 Å². The van der Waals surface area contributed by atoms with E-state index in [9.17, 15) is 4.79 Å². The second-order valence-electron chi connectivity index (χ2n) is 8.77. The molecule has 0 spiro atoms. The largest absolute Gasteiger partial charge is 0.371 e. The number of piperidine rings is 1. The molecule has 1 unspecified atom stereocenters. The highest BCUT2D eigenvalue weighted by molar-refractivity contribution is 7.07. The van der Waals surface area contributed by atoms with Gasteiger partial charge in [0.05, 0.1) is 6.42 Å². The standard InChI is InChI=1S/C27H33N3OS/c1-21(17-24-13-16-32-20-24)29-25-11-14-30(15-12-25)26-9-7-22(8-10-26)18-27(31)28-19-23-5-3-2-4-6-23/h2-10,13,16,20-21,25,29H,11-12,14-15,17-19H2,1H3,(H,28,31). The number of amides is 1. The normalized spacial score (nSPS) is 15.5. The smallest absolute Gasteiger partial charge is 0.224 e. The molecule has 4 nitrogen and oxygen atoms in total. The number of anilines is 1. The Morgan fingerprint density at radius 1 is 1.00 bits per heavy atom. The Morgan fingerprint density at radius 3 is 2.44 bits per heavy atom. The van der Waals surface area contributed by atoms with Gasteiger partial charge >= 0.3 is 0 Å². The second-order valence-corrected chi connectivity index (χ2v) is 9.55. The molecule has 1 amide bonds. The molecule has 2 N–H and O–H groups in total. The Hall–Kier alpha value is -2.63. The van der Waals surface area contributed by atoms with E-state index in [0.717, 1.165) is 43.5 Å². The van der Waals surface area contributed by atoms with E-state index in [1.165, 1.54) is 11.3 Å². The molecule has 0 bridgehead atoms. The number of nitrogens with one attached hydrogen (secondary N) is 2. The number of carbonyl (C=O) groups is 1. The van der Waals surface area contributed by atoms with E-state index in [2.05, 4.69) is 63.5 Å². The molecule has 1 aliphatic rings. The number of carbonyl (C=O) groups excluding carboxylic acids is 1. The van der Waals surface area contributed by atoms with Gasteiger partial charge in [-0.15, -0.1) is 0 Å². The SMILES string of the molecule is CC(Cc1ccsc1)NC1CCN(c2ccc(CC(=O)NCc3ccccc3)cc2)CC1. The average molecular weight is 448 g/mol. The monoisotopic (exact) mass is 447 g/mol. The fourth-order valence-electron chi connectivity index (χ4n) is 4.40. The zero-order chi connectivity index (χ0) is 22.2. The minimum atomic E-state index is 0.0602. The van der Waals surface area contributed by atoms with Crippen molar-refractivity contribution in [2.24, 2.45) is 0 Å². The molecule has 3 aromatic rings. The van der Waals surface area contributed by atoms with Gasteiger partial charge in [0.25, 0.3) is 0 Å². The van der Waals surface area contributed by atoms with Crippen LogP contribution in [0.25, 0.3) is 0 Å². The molecular formula is C27H33N3OS. The second kappa shape index (κ2) is 11.3. The zero-order valence-corrected chi connectivity index (χ0v) is 19.6. The number of benzene rings is 2. The summed E-state index contributed by atoms with van der Waals surface area (Å²) in [6.45, 7) is 5.00. The van der Waals surface area contributed by atoms with E-state index in [-0.39, 0.29) is 5.91 Å². The van der Waals surface area contributed by atoms with Gasteiger partial charge in [-0.1, -0.05) is 42.5 Å². The molecule has 1 fully saturated rings. The van der Waals surface area contributed by atoms with Crippen molar-refractivity contribution in [2.45, 2.75) is 51.2 Å². The highest BCUT2D eigenvalue weighted by Gasteiger charge is 2.21. The average Bonchev–Trinajstić information content (AvgIpc) is 3.32. The lowest BCUT2D eigenvalue weighted by Crippen LogP contribution is -2.46. The van der Waals surface area contributed by atoms with Crippen molar-refractivity contribution in [3.8, 4) is 0 Å². The first-order chi connectivity index (χ1) is 15.7. The molecular weight excluding hydrogens is 414 g/mol. The summed E-state index contributed by atoms with van der Waals surface area (Å²) < 4.78 is 0. The van der Waals surface area contributed by atoms with Crippen molar-refractivity contribution < 1.29 is 4.79 Å². The first-order valence-electron chi connectivity index (χ1n) is 11.6. The highest BCUT2D eigenvalue weighted by atomic mass is 32.1. The summed E-state index contributed by atoms with van der Waals surface area (Å²) >= 11 is 1.77. The Morgan fingerprint density at radius 2 is 1.75 bits per heavy atom. The van der Waals surface area contributed by atoms with Crippen LogP contribution < -0.4 is 15.5 Å². The summed E-state index contributed by atoms with van der Waals surface area (Å²) in [5.41, 5.74) is 4.86. The van der Waals surface area contributed by atoms with Gasteiger partial charge in [-0.2, -0.15) is 11.3 Å². The fraction of sp³-hybridized carbons (Fsp3) is 0.370. The van der Waals surface area contributed by atoms with Crippen molar-refractivity contribution in [1.29, 1.82) is 0 Å².